The molecule has 1 aromatic carbocycles. The zero-order valence-electron chi connectivity index (χ0n) is 11.9. The highest BCUT2D eigenvalue weighted by molar-refractivity contribution is 7.87. The van der Waals surface area contributed by atoms with E-state index in [1.54, 1.807) is 7.05 Å². The predicted octanol–water partition coefficient (Wildman–Crippen LogP) is 1.21. The van der Waals surface area contributed by atoms with Gasteiger partial charge in [0.15, 0.2) is 0 Å². The van der Waals surface area contributed by atoms with E-state index in [1.807, 2.05) is 31.2 Å². The minimum absolute atomic E-state index is 0.482. The van der Waals surface area contributed by atoms with Crippen molar-refractivity contribution in [3.8, 4) is 0 Å². The molecule has 0 fully saturated rings. The van der Waals surface area contributed by atoms with Gasteiger partial charge in [0, 0.05) is 20.0 Å². The minimum Gasteiger partial charge on any atom is -0.391 e. The maximum atomic E-state index is 12.3. The van der Waals surface area contributed by atoms with Crippen molar-refractivity contribution < 1.29 is 13.5 Å². The van der Waals surface area contributed by atoms with Crippen LogP contribution in [0.2, 0.25) is 0 Å². The summed E-state index contributed by atoms with van der Waals surface area (Å²) in [5.41, 5.74) is 1.87. The summed E-state index contributed by atoms with van der Waals surface area (Å²) in [5.74, 6) is 0. The molecule has 0 aliphatic heterocycles. The molecule has 2 atom stereocenters. The molecule has 5 nitrogen and oxygen atoms in total. The molecule has 0 amide bonds. The molecule has 2 rings (SSSR count). The van der Waals surface area contributed by atoms with E-state index in [-0.39, 0.29) is 0 Å². The molecule has 1 aliphatic carbocycles. The third kappa shape index (κ3) is 3.20. The zero-order chi connectivity index (χ0) is 14.8. The molecular weight excluding hydrogens is 276 g/mol. The molecular formula is C14H22N2O3S. The molecule has 0 aromatic heterocycles. The minimum atomic E-state index is -3.57. The van der Waals surface area contributed by atoms with E-state index in [9.17, 15) is 13.5 Å². The van der Waals surface area contributed by atoms with Crippen LogP contribution < -0.4 is 4.72 Å². The van der Waals surface area contributed by atoms with Gasteiger partial charge in [-0.15, -0.1) is 0 Å². The Labute approximate surface area is 120 Å². The van der Waals surface area contributed by atoms with Gasteiger partial charge in [-0.3, -0.25) is 0 Å². The van der Waals surface area contributed by atoms with Crippen molar-refractivity contribution in [3.63, 3.8) is 0 Å². The number of nitrogens with one attached hydrogen (secondary N) is 1. The van der Waals surface area contributed by atoms with Crippen LogP contribution in [-0.2, 0) is 16.6 Å². The Morgan fingerprint density at radius 2 is 2.10 bits per heavy atom. The second-order valence-corrected chi connectivity index (χ2v) is 7.06. The van der Waals surface area contributed by atoms with Gasteiger partial charge < -0.3 is 5.11 Å². The van der Waals surface area contributed by atoms with Gasteiger partial charge in [0.1, 0.15) is 0 Å². The van der Waals surface area contributed by atoms with Crippen LogP contribution >= 0.6 is 0 Å². The van der Waals surface area contributed by atoms with E-state index in [0.29, 0.717) is 13.0 Å². The molecule has 0 saturated heterocycles. The molecule has 0 heterocycles. The molecule has 2 N–H and O–H groups in total. The molecule has 1 aliphatic rings. The highest BCUT2D eigenvalue weighted by Crippen LogP contribution is 2.31. The van der Waals surface area contributed by atoms with Crippen LogP contribution in [0.4, 0.5) is 0 Å². The molecule has 20 heavy (non-hydrogen) atoms. The van der Waals surface area contributed by atoms with Gasteiger partial charge >= 0.3 is 0 Å². The summed E-state index contributed by atoms with van der Waals surface area (Å²) in [7, 11) is -2.01. The predicted molar refractivity (Wildman–Crippen MR) is 78.5 cm³/mol. The highest BCUT2D eigenvalue weighted by atomic mass is 32.2. The van der Waals surface area contributed by atoms with Gasteiger partial charge in [0.25, 0.3) is 10.2 Å². The Morgan fingerprint density at radius 3 is 2.80 bits per heavy atom. The van der Waals surface area contributed by atoms with E-state index >= 15 is 0 Å². The zero-order valence-corrected chi connectivity index (χ0v) is 12.7. The maximum Gasteiger partial charge on any atom is 0.279 e. The van der Waals surface area contributed by atoms with Crippen LogP contribution in [0.25, 0.3) is 0 Å². The van der Waals surface area contributed by atoms with Crippen LogP contribution in [0.3, 0.4) is 0 Å². The van der Waals surface area contributed by atoms with Crippen LogP contribution in [-0.4, -0.2) is 37.5 Å². The first kappa shape index (κ1) is 15.4. The lowest BCUT2D eigenvalue weighted by molar-refractivity contribution is 0.150. The number of hydrogen-bond acceptors (Lipinski definition) is 3. The molecule has 0 unspecified atom stereocenters. The van der Waals surface area contributed by atoms with Gasteiger partial charge in [0.05, 0.1) is 12.1 Å². The first-order valence-corrected chi connectivity index (χ1v) is 8.39. The first-order chi connectivity index (χ1) is 9.45. The third-order valence-electron chi connectivity index (χ3n) is 3.72. The molecule has 0 radical (unpaired) electrons. The van der Waals surface area contributed by atoms with E-state index in [0.717, 1.165) is 24.0 Å². The topological polar surface area (TPSA) is 69.6 Å². The monoisotopic (exact) mass is 298 g/mol. The summed E-state index contributed by atoms with van der Waals surface area (Å²) in [5, 5.41) is 10.1. The quantitative estimate of drug-likeness (QED) is 0.829. The Balaban J connectivity index is 2.13. The first-order valence-electron chi connectivity index (χ1n) is 6.95. The smallest absolute Gasteiger partial charge is 0.279 e. The average Bonchev–Trinajstić information content (AvgIpc) is 2.72. The fraction of sp³-hybridized carbons (Fsp3) is 0.571. The number of rotatable bonds is 6. The van der Waals surface area contributed by atoms with E-state index in [2.05, 4.69) is 4.72 Å². The van der Waals surface area contributed by atoms with E-state index in [4.69, 9.17) is 0 Å². The van der Waals surface area contributed by atoms with Crippen molar-refractivity contribution in [1.29, 1.82) is 0 Å². The third-order valence-corrected chi connectivity index (χ3v) is 5.27. The van der Waals surface area contributed by atoms with Crippen LogP contribution in [0.5, 0.6) is 0 Å². The van der Waals surface area contributed by atoms with Crippen molar-refractivity contribution in [1.82, 2.24) is 9.03 Å². The summed E-state index contributed by atoms with van der Waals surface area (Å²) in [6.07, 6.45) is 1.54. The number of hydrogen-bond donors (Lipinski definition) is 2. The van der Waals surface area contributed by atoms with Crippen LogP contribution in [0.15, 0.2) is 24.3 Å². The number of unbranched alkanes of at least 4 members (excludes halogenated alkanes) is 1. The summed E-state index contributed by atoms with van der Waals surface area (Å²) >= 11 is 0. The van der Waals surface area contributed by atoms with Gasteiger partial charge in [0.2, 0.25) is 0 Å². The fourth-order valence-corrected chi connectivity index (χ4v) is 3.62. The Hall–Kier alpha value is -0.950. The molecule has 0 spiro atoms. The van der Waals surface area contributed by atoms with Gasteiger partial charge in [-0.25, -0.2) is 0 Å². The standard InChI is InChI=1S/C14H22N2O3S/c1-3-4-9-16(2)20(18,19)15-14-12-8-6-5-7-11(12)10-13(14)17/h5-8,13-15,17H,3-4,9-10H2,1-2H3/t13-,14+/m1/s1. The lowest BCUT2D eigenvalue weighted by Gasteiger charge is -2.23. The lowest BCUT2D eigenvalue weighted by atomic mass is 10.1. The SMILES string of the molecule is CCCCN(C)S(=O)(=O)N[C@H]1c2ccccc2C[C@H]1O. The molecule has 1 aromatic rings. The van der Waals surface area contributed by atoms with Crippen molar-refractivity contribution in [2.75, 3.05) is 13.6 Å². The van der Waals surface area contributed by atoms with Crippen molar-refractivity contribution in [2.24, 2.45) is 0 Å². The summed E-state index contributed by atoms with van der Waals surface area (Å²) in [6.45, 7) is 2.50. The molecule has 0 bridgehead atoms. The Kier molecular flexibility index (Phi) is 4.80. The van der Waals surface area contributed by atoms with Crippen molar-refractivity contribution in [3.05, 3.63) is 35.4 Å². The number of aliphatic hydroxyl groups is 1. The van der Waals surface area contributed by atoms with Crippen LogP contribution in [0.1, 0.15) is 36.9 Å². The number of nitrogens with zero attached hydrogens (tertiary/aromatic N) is 1. The molecule has 112 valence electrons. The van der Waals surface area contributed by atoms with E-state index < -0.39 is 22.4 Å². The maximum absolute atomic E-state index is 12.3. The highest BCUT2D eigenvalue weighted by Gasteiger charge is 2.34. The number of benzene rings is 1. The van der Waals surface area contributed by atoms with Crippen LogP contribution in [0, 0.1) is 0 Å². The average molecular weight is 298 g/mol. The second-order valence-electron chi connectivity index (χ2n) is 5.25. The Morgan fingerprint density at radius 1 is 1.40 bits per heavy atom. The van der Waals surface area contributed by atoms with Gasteiger partial charge in [-0.1, -0.05) is 37.6 Å². The molecule has 0 saturated carbocycles. The normalized spacial score (nSPS) is 22.2. The van der Waals surface area contributed by atoms with Gasteiger partial charge in [-0.05, 0) is 17.5 Å². The van der Waals surface area contributed by atoms with Crippen molar-refractivity contribution >= 4 is 10.2 Å². The second kappa shape index (κ2) is 6.22. The van der Waals surface area contributed by atoms with Gasteiger partial charge in [-0.2, -0.15) is 17.4 Å². The molecule has 6 heteroatoms. The summed E-state index contributed by atoms with van der Waals surface area (Å²) < 4.78 is 28.4. The largest absolute Gasteiger partial charge is 0.391 e. The fourth-order valence-electron chi connectivity index (χ4n) is 2.47. The van der Waals surface area contributed by atoms with E-state index in [1.165, 1.54) is 4.31 Å². The Bertz CT molecular complexity index is 559. The lowest BCUT2D eigenvalue weighted by Crippen LogP contribution is -2.42. The summed E-state index contributed by atoms with van der Waals surface area (Å²) in [4.78, 5) is 0. The van der Waals surface area contributed by atoms with Crippen molar-refractivity contribution in [2.45, 2.75) is 38.3 Å². The number of fused-ring (bicyclic) bond motifs is 1. The number of aliphatic hydroxyl groups excluding tert-OH is 1. The summed E-state index contributed by atoms with van der Waals surface area (Å²) in [6, 6.07) is 6.99.